The number of ketones is 1. The Hall–Kier alpha value is -4.18. The first kappa shape index (κ1) is 25.5. The number of Topliss-reactive ketones (excluding diaryl/α,β-unsaturated/α-hetero) is 1. The Morgan fingerprint density at radius 1 is 0.738 bits per heavy atom. The zero-order valence-corrected chi connectivity index (χ0v) is 24.2. The number of rotatable bonds is 4. The van der Waals surface area contributed by atoms with Gasteiger partial charge in [-0.05, 0) is 76.3 Å². The van der Waals surface area contributed by atoms with Crippen LogP contribution in [0.15, 0.2) is 91.0 Å². The van der Waals surface area contributed by atoms with E-state index in [4.69, 9.17) is 4.74 Å². The largest absolute Gasteiger partial charge is 0.448 e. The maximum atomic E-state index is 13.9. The lowest BCUT2D eigenvalue weighted by Crippen LogP contribution is -2.48. The lowest BCUT2D eigenvalue weighted by molar-refractivity contribution is 0.0506. The highest BCUT2D eigenvalue weighted by atomic mass is 16.6. The molecule has 210 valence electrons. The van der Waals surface area contributed by atoms with Gasteiger partial charge in [0.2, 0.25) is 0 Å². The molecule has 0 radical (unpaired) electrons. The standard InChI is InChI=1S/C38H35NO3/c1-38(2)34-14-8-7-13-31(34)32-18-15-23(21-35(32)38)36(40)24-19-25-16-17-26(20-24)39(25)37(41)42-22-33-29-11-5-3-9-27(29)28-10-4-6-12-30(28)33/h3-15,18,21,24-26,33H,16-17,19-20,22H2,1-2H3. The number of carbonyl (C=O) groups excluding carboxylic acids is 2. The minimum Gasteiger partial charge on any atom is -0.448 e. The second kappa shape index (κ2) is 9.42. The van der Waals surface area contributed by atoms with E-state index in [1.165, 1.54) is 44.5 Å². The molecule has 0 aromatic heterocycles. The number of fused-ring (bicyclic) bond motifs is 8. The first-order valence-electron chi connectivity index (χ1n) is 15.3. The Balaban J connectivity index is 0.973. The number of benzene rings is 4. The number of piperidine rings is 1. The Morgan fingerprint density at radius 2 is 1.31 bits per heavy atom. The van der Waals surface area contributed by atoms with Crippen LogP contribution in [-0.2, 0) is 10.2 Å². The van der Waals surface area contributed by atoms with E-state index in [9.17, 15) is 9.59 Å². The molecule has 2 fully saturated rings. The van der Waals surface area contributed by atoms with Crippen LogP contribution >= 0.6 is 0 Å². The molecular formula is C38H35NO3. The average molecular weight is 554 g/mol. The predicted octanol–water partition coefficient (Wildman–Crippen LogP) is 8.37. The van der Waals surface area contributed by atoms with Crippen LogP contribution in [0.4, 0.5) is 4.79 Å². The normalized spacial score (nSPS) is 22.7. The third-order valence-electron chi connectivity index (χ3n) is 10.5. The monoisotopic (exact) mass is 553 g/mol. The highest BCUT2D eigenvalue weighted by Crippen LogP contribution is 2.49. The summed E-state index contributed by atoms with van der Waals surface area (Å²) in [5, 5.41) is 0. The first-order valence-corrected chi connectivity index (χ1v) is 15.3. The van der Waals surface area contributed by atoms with Gasteiger partial charge in [-0.15, -0.1) is 0 Å². The lowest BCUT2D eigenvalue weighted by atomic mass is 9.80. The van der Waals surface area contributed by atoms with Crippen molar-refractivity contribution in [3.05, 3.63) is 119 Å². The number of ether oxygens (including phenoxy) is 1. The Labute approximate surface area is 247 Å². The molecule has 2 heterocycles. The fourth-order valence-electron chi connectivity index (χ4n) is 8.45. The summed E-state index contributed by atoms with van der Waals surface area (Å²) in [5.41, 5.74) is 10.6. The predicted molar refractivity (Wildman–Crippen MR) is 165 cm³/mol. The molecule has 2 atom stereocenters. The molecule has 2 aliphatic carbocycles. The molecule has 2 saturated heterocycles. The molecular weight excluding hydrogens is 518 g/mol. The van der Waals surface area contributed by atoms with Gasteiger partial charge in [-0.25, -0.2) is 4.79 Å². The van der Waals surface area contributed by atoms with Crippen LogP contribution in [0.1, 0.15) is 78.1 Å². The van der Waals surface area contributed by atoms with E-state index in [1.807, 2.05) is 11.0 Å². The first-order chi connectivity index (χ1) is 20.4. The van der Waals surface area contributed by atoms with E-state index in [1.54, 1.807) is 0 Å². The number of amides is 1. The van der Waals surface area contributed by atoms with Crippen LogP contribution in [0.25, 0.3) is 22.3 Å². The van der Waals surface area contributed by atoms with Gasteiger partial charge in [0.1, 0.15) is 6.61 Å². The number of carbonyl (C=O) groups is 2. The number of hydrogen-bond donors (Lipinski definition) is 0. The summed E-state index contributed by atoms with van der Waals surface area (Å²) in [7, 11) is 0. The molecule has 4 nitrogen and oxygen atoms in total. The number of nitrogens with zero attached hydrogens (tertiary/aromatic N) is 1. The SMILES string of the molecule is CC1(C)c2ccccc2-c2ccc(C(=O)C3CC4CCC(C3)N4C(=O)OCC3c4ccccc4-c4ccccc43)cc21. The Morgan fingerprint density at radius 3 is 1.98 bits per heavy atom. The molecule has 4 aliphatic rings. The Bertz CT molecular complexity index is 1690. The summed E-state index contributed by atoms with van der Waals surface area (Å²) in [6.45, 7) is 4.83. The summed E-state index contributed by atoms with van der Waals surface area (Å²) in [6, 6.07) is 31.8. The molecule has 0 spiro atoms. The van der Waals surface area contributed by atoms with Gasteiger partial charge in [0.25, 0.3) is 0 Å². The van der Waals surface area contributed by atoms with E-state index in [0.29, 0.717) is 19.4 Å². The van der Waals surface area contributed by atoms with E-state index < -0.39 is 0 Å². The minimum atomic E-state index is -0.229. The molecule has 1 amide bonds. The zero-order chi connectivity index (χ0) is 28.6. The van der Waals surface area contributed by atoms with Crippen LogP contribution < -0.4 is 0 Å². The molecule has 4 aromatic rings. The molecule has 2 aliphatic heterocycles. The lowest BCUT2D eigenvalue weighted by Gasteiger charge is -2.38. The maximum absolute atomic E-state index is 13.9. The summed E-state index contributed by atoms with van der Waals surface area (Å²) in [5.74, 6) is 0.201. The molecule has 0 saturated carbocycles. The topological polar surface area (TPSA) is 46.6 Å². The van der Waals surface area contributed by atoms with Gasteiger partial charge in [0, 0.05) is 34.9 Å². The van der Waals surface area contributed by atoms with Crippen molar-refractivity contribution in [2.24, 2.45) is 5.92 Å². The van der Waals surface area contributed by atoms with Gasteiger partial charge in [0.05, 0.1) is 0 Å². The van der Waals surface area contributed by atoms with Gasteiger partial charge >= 0.3 is 6.09 Å². The second-order valence-corrected chi connectivity index (χ2v) is 13.1. The quantitative estimate of drug-likeness (QED) is 0.239. The third kappa shape index (κ3) is 3.74. The van der Waals surface area contributed by atoms with Crippen LogP contribution in [0.2, 0.25) is 0 Å². The van der Waals surface area contributed by atoms with Crippen LogP contribution in [-0.4, -0.2) is 35.5 Å². The van der Waals surface area contributed by atoms with Crippen molar-refractivity contribution in [3.8, 4) is 22.3 Å². The molecule has 2 unspecified atom stereocenters. The fraction of sp³-hybridized carbons (Fsp3) is 0.316. The molecule has 0 N–H and O–H groups in total. The summed E-state index contributed by atoms with van der Waals surface area (Å²) < 4.78 is 6.05. The van der Waals surface area contributed by atoms with Crippen molar-refractivity contribution in [2.45, 2.75) is 62.9 Å². The van der Waals surface area contributed by atoms with E-state index in [0.717, 1.165) is 18.4 Å². The number of hydrogen-bond acceptors (Lipinski definition) is 3. The van der Waals surface area contributed by atoms with E-state index >= 15 is 0 Å². The maximum Gasteiger partial charge on any atom is 0.410 e. The van der Waals surface area contributed by atoms with Crippen LogP contribution in [0, 0.1) is 5.92 Å². The molecule has 4 heteroatoms. The highest BCUT2D eigenvalue weighted by molar-refractivity contribution is 5.99. The summed E-state index contributed by atoms with van der Waals surface area (Å²) >= 11 is 0. The molecule has 4 aromatic carbocycles. The van der Waals surface area contributed by atoms with E-state index in [-0.39, 0.29) is 41.2 Å². The molecule has 2 bridgehead atoms. The third-order valence-corrected chi connectivity index (χ3v) is 10.5. The molecule has 42 heavy (non-hydrogen) atoms. The van der Waals surface area contributed by atoms with Crippen molar-refractivity contribution in [1.29, 1.82) is 0 Å². The van der Waals surface area contributed by atoms with Gasteiger partial charge in [-0.2, -0.15) is 0 Å². The zero-order valence-electron chi connectivity index (χ0n) is 24.2. The second-order valence-electron chi connectivity index (χ2n) is 13.1. The average Bonchev–Trinajstić information content (AvgIpc) is 3.57. The van der Waals surface area contributed by atoms with Crippen LogP contribution in [0.3, 0.4) is 0 Å². The van der Waals surface area contributed by atoms with Gasteiger partial charge in [-0.1, -0.05) is 98.8 Å². The van der Waals surface area contributed by atoms with Gasteiger partial charge < -0.3 is 9.64 Å². The summed E-state index contributed by atoms with van der Waals surface area (Å²) in [6.07, 6.45) is 3.06. The van der Waals surface area contributed by atoms with Crippen molar-refractivity contribution < 1.29 is 14.3 Å². The van der Waals surface area contributed by atoms with Crippen molar-refractivity contribution in [2.75, 3.05) is 6.61 Å². The van der Waals surface area contributed by atoms with Crippen molar-refractivity contribution in [1.82, 2.24) is 4.90 Å². The van der Waals surface area contributed by atoms with Crippen molar-refractivity contribution >= 4 is 11.9 Å². The van der Waals surface area contributed by atoms with Gasteiger partial charge in [-0.3, -0.25) is 4.79 Å². The Kier molecular flexibility index (Phi) is 5.72. The highest BCUT2D eigenvalue weighted by Gasteiger charge is 2.46. The molecule has 8 rings (SSSR count). The fourth-order valence-corrected chi connectivity index (χ4v) is 8.45. The van der Waals surface area contributed by atoms with Crippen LogP contribution in [0.5, 0.6) is 0 Å². The minimum absolute atomic E-state index is 0.0494. The summed E-state index contributed by atoms with van der Waals surface area (Å²) in [4.78, 5) is 29.3. The van der Waals surface area contributed by atoms with Crippen molar-refractivity contribution in [3.63, 3.8) is 0 Å². The smallest absolute Gasteiger partial charge is 0.410 e. The van der Waals surface area contributed by atoms with E-state index in [2.05, 4.69) is 98.8 Å². The van der Waals surface area contributed by atoms with Gasteiger partial charge in [0.15, 0.2) is 5.78 Å².